The van der Waals surface area contributed by atoms with Crippen LogP contribution in [0.4, 0.5) is 5.69 Å². The van der Waals surface area contributed by atoms with Crippen molar-refractivity contribution in [2.45, 2.75) is 38.4 Å². The zero-order valence-corrected chi connectivity index (χ0v) is 18.4. The van der Waals surface area contributed by atoms with Gasteiger partial charge in [0.1, 0.15) is 0 Å². The van der Waals surface area contributed by atoms with Gasteiger partial charge < -0.3 is 15.3 Å². The molecule has 1 aliphatic carbocycles. The summed E-state index contributed by atoms with van der Waals surface area (Å²) < 4.78 is 0. The van der Waals surface area contributed by atoms with Crippen LogP contribution in [0.5, 0.6) is 0 Å². The van der Waals surface area contributed by atoms with E-state index in [0.717, 1.165) is 24.0 Å². The van der Waals surface area contributed by atoms with Crippen molar-refractivity contribution in [3.05, 3.63) is 99.1 Å². The first kappa shape index (κ1) is 20.6. The van der Waals surface area contributed by atoms with E-state index < -0.39 is 5.97 Å². The largest absolute Gasteiger partial charge is 0.478 e. The van der Waals surface area contributed by atoms with Crippen molar-refractivity contribution < 1.29 is 14.7 Å². The van der Waals surface area contributed by atoms with E-state index in [1.54, 1.807) is 30.3 Å². The summed E-state index contributed by atoms with van der Waals surface area (Å²) in [5.41, 5.74) is 5.87. The van der Waals surface area contributed by atoms with Crippen LogP contribution < -0.4 is 5.32 Å². The van der Waals surface area contributed by atoms with Gasteiger partial charge in [-0.25, -0.2) is 4.79 Å². The fourth-order valence-electron chi connectivity index (χ4n) is 4.97. The second-order valence-corrected chi connectivity index (χ2v) is 8.94. The van der Waals surface area contributed by atoms with Crippen LogP contribution in [-0.4, -0.2) is 27.9 Å². The van der Waals surface area contributed by atoms with Gasteiger partial charge in [-0.05, 0) is 66.3 Å². The second kappa shape index (κ2) is 7.99. The minimum atomic E-state index is -0.987. The molecule has 5 rings (SSSR count). The molecule has 6 heteroatoms. The monoisotopic (exact) mass is 446 g/mol. The van der Waals surface area contributed by atoms with Gasteiger partial charge in [-0.15, -0.1) is 0 Å². The number of hydrogen-bond donors (Lipinski definition) is 2. The molecule has 162 valence electrons. The van der Waals surface area contributed by atoms with Gasteiger partial charge in [0.15, 0.2) is 0 Å². The maximum absolute atomic E-state index is 13.3. The van der Waals surface area contributed by atoms with E-state index in [2.05, 4.69) is 17.4 Å². The fraction of sp³-hybridized carbons (Fsp3) is 0.231. The molecular formula is C26H23ClN2O3. The smallest absolute Gasteiger partial charge is 0.337 e. The Labute approximate surface area is 191 Å². The highest BCUT2D eigenvalue weighted by atomic mass is 35.5. The van der Waals surface area contributed by atoms with E-state index in [9.17, 15) is 14.7 Å². The lowest BCUT2D eigenvalue weighted by Crippen LogP contribution is -2.36. The summed E-state index contributed by atoms with van der Waals surface area (Å²) in [5.74, 6) is -0.974. The van der Waals surface area contributed by atoms with E-state index in [0.29, 0.717) is 22.8 Å². The molecule has 0 spiro atoms. The predicted molar refractivity (Wildman–Crippen MR) is 124 cm³/mol. The Bertz CT molecular complexity index is 1210. The van der Waals surface area contributed by atoms with Crippen LogP contribution in [-0.2, 0) is 19.4 Å². The maximum Gasteiger partial charge on any atom is 0.337 e. The van der Waals surface area contributed by atoms with Crippen LogP contribution in [0.2, 0.25) is 5.02 Å². The molecule has 1 unspecified atom stereocenters. The van der Waals surface area contributed by atoms with Crippen molar-refractivity contribution >= 4 is 29.2 Å². The molecule has 3 aromatic carbocycles. The van der Waals surface area contributed by atoms with Crippen molar-refractivity contribution in [3.8, 4) is 0 Å². The number of carboxylic acid groups (broad SMARTS) is 1. The first-order chi connectivity index (χ1) is 15.4. The van der Waals surface area contributed by atoms with Gasteiger partial charge in [-0.3, -0.25) is 4.79 Å². The Kier molecular flexibility index (Phi) is 5.14. The van der Waals surface area contributed by atoms with Crippen LogP contribution in [0.1, 0.15) is 55.9 Å². The maximum atomic E-state index is 13.3. The topological polar surface area (TPSA) is 69.6 Å². The third kappa shape index (κ3) is 3.53. The summed E-state index contributed by atoms with van der Waals surface area (Å²) in [7, 11) is 0. The number of nitrogens with zero attached hydrogens (tertiary/aromatic N) is 1. The van der Waals surface area contributed by atoms with E-state index in [1.807, 2.05) is 30.0 Å². The number of hydrogen-bond acceptors (Lipinski definition) is 3. The molecule has 1 aliphatic heterocycles. The highest BCUT2D eigenvalue weighted by Crippen LogP contribution is 2.37. The number of para-hydroxylation sites is 1. The number of amides is 1. The Morgan fingerprint density at radius 3 is 2.44 bits per heavy atom. The highest BCUT2D eigenvalue weighted by Gasteiger charge is 2.37. The highest BCUT2D eigenvalue weighted by molar-refractivity contribution is 6.31. The number of carbonyl (C=O) groups is 2. The van der Waals surface area contributed by atoms with Crippen LogP contribution in [0.3, 0.4) is 0 Å². The molecule has 3 aromatic rings. The summed E-state index contributed by atoms with van der Waals surface area (Å²) in [5, 5.41) is 13.3. The molecule has 2 N–H and O–H groups in total. The molecule has 5 nitrogen and oxygen atoms in total. The zero-order chi connectivity index (χ0) is 22.4. The number of nitrogens with one attached hydrogen (secondary N) is 1. The van der Waals surface area contributed by atoms with E-state index in [4.69, 9.17) is 11.6 Å². The molecule has 0 saturated heterocycles. The van der Waals surface area contributed by atoms with Crippen molar-refractivity contribution in [1.29, 1.82) is 0 Å². The number of benzene rings is 3. The van der Waals surface area contributed by atoms with Gasteiger partial charge in [-0.2, -0.15) is 0 Å². The third-order valence-electron chi connectivity index (χ3n) is 6.54. The fourth-order valence-corrected chi connectivity index (χ4v) is 5.19. The normalized spacial score (nSPS) is 16.1. The molecule has 32 heavy (non-hydrogen) atoms. The Balaban J connectivity index is 1.44. The average Bonchev–Trinajstić information content (AvgIpc) is 3.34. The van der Waals surface area contributed by atoms with E-state index in [-0.39, 0.29) is 23.6 Å². The molecule has 1 amide bonds. The van der Waals surface area contributed by atoms with Crippen LogP contribution in [0, 0.1) is 0 Å². The number of aromatic carboxylic acids is 1. The standard InChI is InChI=1S/C26H23ClN2O3/c1-15(28-24-9-5-4-8-20(24)26(31)32)21-12-18(27)13-22-23(21)14-29(25(22)30)19-10-16-6-2-3-7-17(16)11-19/h2-9,12-13,15,19,28H,10-11,14H2,1H3,(H,31,32). The van der Waals surface area contributed by atoms with Crippen LogP contribution in [0.15, 0.2) is 60.7 Å². The average molecular weight is 447 g/mol. The zero-order valence-electron chi connectivity index (χ0n) is 17.6. The summed E-state index contributed by atoms with van der Waals surface area (Å²) in [6.07, 6.45) is 1.72. The van der Waals surface area contributed by atoms with E-state index >= 15 is 0 Å². The van der Waals surface area contributed by atoms with Crippen LogP contribution in [0.25, 0.3) is 0 Å². The summed E-state index contributed by atoms with van der Waals surface area (Å²) in [6.45, 7) is 2.50. The van der Waals surface area contributed by atoms with Crippen molar-refractivity contribution in [2.24, 2.45) is 0 Å². The van der Waals surface area contributed by atoms with Gasteiger partial charge in [0, 0.05) is 34.9 Å². The number of halogens is 1. The van der Waals surface area contributed by atoms with Crippen LogP contribution >= 0.6 is 11.6 Å². The van der Waals surface area contributed by atoms with E-state index in [1.165, 1.54) is 11.1 Å². The van der Waals surface area contributed by atoms with Crippen molar-refractivity contribution in [1.82, 2.24) is 4.90 Å². The summed E-state index contributed by atoms with van der Waals surface area (Å²) in [6, 6.07) is 18.7. The quantitative estimate of drug-likeness (QED) is 0.555. The minimum absolute atomic E-state index is 0.0136. The van der Waals surface area contributed by atoms with Gasteiger partial charge in [-0.1, -0.05) is 48.0 Å². The molecule has 0 fully saturated rings. The van der Waals surface area contributed by atoms with Gasteiger partial charge >= 0.3 is 5.97 Å². The molecule has 0 aromatic heterocycles. The van der Waals surface area contributed by atoms with Gasteiger partial charge in [0.05, 0.1) is 5.56 Å². The van der Waals surface area contributed by atoms with Gasteiger partial charge in [0.25, 0.3) is 5.91 Å². The molecule has 2 aliphatic rings. The van der Waals surface area contributed by atoms with Gasteiger partial charge in [0.2, 0.25) is 0 Å². The molecule has 1 heterocycles. The number of rotatable bonds is 5. The molecule has 0 bridgehead atoms. The predicted octanol–water partition coefficient (Wildman–Crippen LogP) is 5.33. The molecule has 0 radical (unpaired) electrons. The molecular weight excluding hydrogens is 424 g/mol. The van der Waals surface area contributed by atoms with Crippen molar-refractivity contribution in [3.63, 3.8) is 0 Å². The molecule has 1 atom stereocenters. The Morgan fingerprint density at radius 2 is 1.75 bits per heavy atom. The Hall–Kier alpha value is -3.31. The lowest BCUT2D eigenvalue weighted by Gasteiger charge is -2.24. The summed E-state index contributed by atoms with van der Waals surface area (Å²) in [4.78, 5) is 26.9. The third-order valence-corrected chi connectivity index (χ3v) is 6.75. The summed E-state index contributed by atoms with van der Waals surface area (Å²) >= 11 is 6.41. The second-order valence-electron chi connectivity index (χ2n) is 8.50. The van der Waals surface area contributed by atoms with Crippen molar-refractivity contribution in [2.75, 3.05) is 5.32 Å². The first-order valence-corrected chi connectivity index (χ1v) is 11.1. The SMILES string of the molecule is CC(Nc1ccccc1C(=O)O)c1cc(Cl)cc2c1CN(C1Cc3ccccc3C1)C2=O. The number of anilines is 1. The lowest BCUT2D eigenvalue weighted by molar-refractivity contribution is 0.0692. The number of carbonyl (C=O) groups excluding carboxylic acids is 1. The number of carboxylic acids is 1. The molecule has 0 saturated carbocycles. The lowest BCUT2D eigenvalue weighted by atomic mass is 9.97. The minimum Gasteiger partial charge on any atom is -0.478 e. The first-order valence-electron chi connectivity index (χ1n) is 10.7. The Morgan fingerprint density at radius 1 is 1.09 bits per heavy atom. The number of fused-ring (bicyclic) bond motifs is 2.